The maximum atomic E-state index is 14.1. The van der Waals surface area contributed by atoms with Gasteiger partial charge in [0.15, 0.2) is 0 Å². The van der Waals surface area contributed by atoms with E-state index >= 15 is 0 Å². The lowest BCUT2D eigenvalue weighted by atomic mass is 10.0. The summed E-state index contributed by atoms with van der Waals surface area (Å²) in [5.41, 5.74) is 16.5. The minimum atomic E-state index is -1.91. The van der Waals surface area contributed by atoms with Gasteiger partial charge in [0.25, 0.3) is 0 Å². The number of phenols is 1. The molecule has 0 aromatic heterocycles. The summed E-state index contributed by atoms with van der Waals surface area (Å²) in [5, 5.41) is 59.6. The Balaban J connectivity index is 2.67. The zero-order valence-corrected chi connectivity index (χ0v) is 41.5. The maximum Gasteiger partial charge on any atom is 0.245 e. The Kier molecular flexibility index (Phi) is 28.0. The average molecular weight is 1030 g/mol. The van der Waals surface area contributed by atoms with Crippen LogP contribution in [0.25, 0.3) is 0 Å². The number of hydrogen-bond acceptors (Lipinski definition) is 15. The van der Waals surface area contributed by atoms with E-state index in [1.165, 1.54) is 30.7 Å². The van der Waals surface area contributed by atoms with Gasteiger partial charge in [-0.15, -0.1) is 0 Å². The Morgan fingerprint density at radius 1 is 0.534 bits per heavy atom. The van der Waals surface area contributed by atoms with Crippen molar-refractivity contribution in [1.82, 2.24) is 42.5 Å². The van der Waals surface area contributed by atoms with Crippen LogP contribution >= 0.6 is 0 Å². The van der Waals surface area contributed by atoms with Crippen molar-refractivity contribution in [3.63, 3.8) is 0 Å². The highest BCUT2D eigenvalue weighted by molar-refractivity contribution is 6.00. The van der Waals surface area contributed by atoms with Gasteiger partial charge in [0.1, 0.15) is 48.0 Å². The molecular formula is C47H75N11O15. The van der Waals surface area contributed by atoms with E-state index in [0.29, 0.717) is 12.8 Å². The molecule has 1 aliphatic rings. The van der Waals surface area contributed by atoms with Gasteiger partial charge in [-0.3, -0.25) is 52.7 Å². The average Bonchev–Trinajstić information content (AvgIpc) is 3.32. The SMILES string of the molecule is CCCCCCCCCCCCC1CC(=O)N[C@H](CO)C(=O)N[C@@H](CCC(N)=O)C(=O)N[C@@H](CC(N)=O)C(=O)N[C@H](Cc2ccc(O)cc2)C(=O)N[C@@H](CC(N)=O)C(=O)N[C@H](CO)C(=O)N[C@@H]([C@@H](C)O)C(=O)N1. The summed E-state index contributed by atoms with van der Waals surface area (Å²) in [4.78, 5) is 147. The van der Waals surface area contributed by atoms with E-state index in [1.807, 2.05) is 0 Å². The van der Waals surface area contributed by atoms with Gasteiger partial charge in [-0.1, -0.05) is 83.3 Å². The topological polar surface area (TPSA) is 443 Å². The summed E-state index contributed by atoms with van der Waals surface area (Å²) in [6.07, 6.45) is 4.45. The first-order valence-corrected chi connectivity index (χ1v) is 24.5. The molecule has 1 fully saturated rings. The van der Waals surface area contributed by atoms with Crippen molar-refractivity contribution in [3.8, 4) is 5.75 Å². The second-order valence-electron chi connectivity index (χ2n) is 18.1. The summed E-state index contributed by atoms with van der Waals surface area (Å²) in [7, 11) is 0. The van der Waals surface area contributed by atoms with Gasteiger partial charge in [-0.05, 0) is 37.5 Å². The second kappa shape index (κ2) is 32.9. The fourth-order valence-electron chi connectivity index (χ4n) is 7.73. The lowest BCUT2D eigenvalue weighted by Crippen LogP contribution is -2.62. The van der Waals surface area contributed by atoms with E-state index in [2.05, 4.69) is 49.5 Å². The first-order chi connectivity index (χ1) is 34.6. The molecule has 0 radical (unpaired) electrons. The number of benzene rings is 1. The first-order valence-electron chi connectivity index (χ1n) is 24.5. The number of hydrogen-bond donors (Lipinski definition) is 15. The Hall–Kier alpha value is -6.93. The van der Waals surface area contributed by atoms with E-state index in [4.69, 9.17) is 17.2 Å². The number of nitrogens with two attached hydrogens (primary N) is 3. The van der Waals surface area contributed by atoms with Gasteiger partial charge in [-0.25, -0.2) is 0 Å². The lowest BCUT2D eigenvalue weighted by molar-refractivity contribution is -0.137. The number of aliphatic hydroxyl groups excluding tert-OH is 3. The van der Waals surface area contributed by atoms with Gasteiger partial charge < -0.3 is 80.2 Å². The molecule has 1 aromatic carbocycles. The van der Waals surface area contributed by atoms with Gasteiger partial charge in [0.2, 0.25) is 65.0 Å². The highest BCUT2D eigenvalue weighted by atomic mass is 16.3. The molecule has 0 aliphatic carbocycles. The number of rotatable bonds is 23. The van der Waals surface area contributed by atoms with Crippen LogP contribution in [0.1, 0.15) is 122 Å². The van der Waals surface area contributed by atoms with Gasteiger partial charge in [0.05, 0.1) is 32.2 Å². The van der Waals surface area contributed by atoms with Crippen LogP contribution in [-0.2, 0) is 59.2 Å². The number of carbonyl (C=O) groups excluding carboxylic acids is 11. The van der Waals surface area contributed by atoms with Crippen LogP contribution in [0.3, 0.4) is 0 Å². The molecule has 1 heterocycles. The summed E-state index contributed by atoms with van der Waals surface area (Å²) in [5.74, 6) is -12.6. The fraction of sp³-hybridized carbons (Fsp3) is 0.638. The first kappa shape index (κ1) is 62.2. The largest absolute Gasteiger partial charge is 0.508 e. The molecule has 0 spiro atoms. The molecule has 1 aliphatic heterocycles. The van der Waals surface area contributed by atoms with E-state index in [1.54, 1.807) is 0 Å². The molecule has 18 N–H and O–H groups in total. The Labute approximate surface area is 423 Å². The molecule has 9 atom stereocenters. The number of carbonyl (C=O) groups is 11. The van der Waals surface area contributed by atoms with Crippen LogP contribution in [0.15, 0.2) is 24.3 Å². The standard InChI is InChI=1S/C47H75N11O15/c1-3-4-5-6-7-8-9-10-11-12-13-28-21-39(66)52-34(24-59)45(71)53-30(18-19-36(48)63)41(67)55-32(22-37(49)64)43(69)54-31(20-27-14-16-29(62)17-15-27)42(68)56-33(23-38(50)65)44(70)57-35(25-60)46(72)58-40(26(2)61)47(73)51-28/h14-17,26,28,30-35,40,59-62H,3-13,18-25H2,1-2H3,(H2,48,63)(H2,49,64)(H2,50,65)(H,51,73)(H,52,66)(H,53,71)(H,54,69)(H,55,67)(H,56,68)(H,57,70)(H,58,72)/t26-,28?,30+,31-,32+,33+,34-,35-,40+/m1/s1. The number of nitrogens with one attached hydrogen (secondary N) is 8. The molecule has 1 saturated heterocycles. The summed E-state index contributed by atoms with van der Waals surface area (Å²) in [6, 6.07) is -8.51. The molecular weight excluding hydrogens is 959 g/mol. The van der Waals surface area contributed by atoms with E-state index in [9.17, 15) is 73.2 Å². The van der Waals surface area contributed by atoms with Crippen molar-refractivity contribution < 1.29 is 73.2 Å². The van der Waals surface area contributed by atoms with Crippen LogP contribution in [-0.4, -0.2) is 153 Å². The Morgan fingerprint density at radius 2 is 0.959 bits per heavy atom. The Bertz CT molecular complexity index is 2040. The zero-order chi connectivity index (χ0) is 54.6. The third-order valence-electron chi connectivity index (χ3n) is 11.8. The van der Waals surface area contributed by atoms with Crippen molar-refractivity contribution in [2.45, 2.75) is 177 Å². The van der Waals surface area contributed by atoms with Crippen molar-refractivity contribution >= 4 is 65.0 Å². The van der Waals surface area contributed by atoms with Gasteiger partial charge in [0, 0.05) is 25.3 Å². The Morgan fingerprint density at radius 3 is 1.45 bits per heavy atom. The number of amides is 11. The highest BCUT2D eigenvalue weighted by Gasteiger charge is 2.36. The molecule has 11 amide bonds. The molecule has 26 nitrogen and oxygen atoms in total. The van der Waals surface area contributed by atoms with Gasteiger partial charge >= 0.3 is 0 Å². The zero-order valence-electron chi connectivity index (χ0n) is 41.5. The minimum absolute atomic E-state index is 0.179. The van der Waals surface area contributed by atoms with Crippen LogP contribution in [0.5, 0.6) is 5.75 Å². The monoisotopic (exact) mass is 1030 g/mol. The number of primary amides is 3. The predicted molar refractivity (Wildman–Crippen MR) is 260 cm³/mol. The van der Waals surface area contributed by atoms with Crippen LogP contribution < -0.4 is 59.7 Å². The van der Waals surface area contributed by atoms with E-state index < -0.39 is 171 Å². The highest BCUT2D eigenvalue weighted by Crippen LogP contribution is 2.15. The molecule has 1 aromatic rings. The number of aliphatic hydroxyl groups is 3. The third-order valence-corrected chi connectivity index (χ3v) is 11.8. The van der Waals surface area contributed by atoms with Crippen LogP contribution in [0, 0.1) is 0 Å². The number of phenolic OH excluding ortho intramolecular Hbond substituents is 1. The summed E-state index contributed by atoms with van der Waals surface area (Å²) in [6.45, 7) is 1.13. The predicted octanol–water partition coefficient (Wildman–Crippen LogP) is -4.09. The smallest absolute Gasteiger partial charge is 0.245 e. The minimum Gasteiger partial charge on any atom is -0.508 e. The number of aromatic hydroxyl groups is 1. The lowest BCUT2D eigenvalue weighted by Gasteiger charge is -2.28. The normalized spacial score (nSPS) is 23.8. The molecule has 73 heavy (non-hydrogen) atoms. The van der Waals surface area contributed by atoms with E-state index in [-0.39, 0.29) is 17.7 Å². The molecule has 2 rings (SSSR count). The second-order valence-corrected chi connectivity index (χ2v) is 18.1. The molecule has 0 bridgehead atoms. The van der Waals surface area contributed by atoms with Gasteiger partial charge in [-0.2, -0.15) is 0 Å². The van der Waals surface area contributed by atoms with Crippen molar-refractivity contribution in [2.24, 2.45) is 17.2 Å². The third kappa shape index (κ3) is 23.9. The van der Waals surface area contributed by atoms with Crippen molar-refractivity contribution in [3.05, 3.63) is 29.8 Å². The summed E-state index contributed by atoms with van der Waals surface area (Å²) >= 11 is 0. The van der Waals surface area contributed by atoms with Crippen molar-refractivity contribution in [1.29, 1.82) is 0 Å². The summed E-state index contributed by atoms with van der Waals surface area (Å²) < 4.78 is 0. The number of unbranched alkanes of at least 4 members (excludes halogenated alkanes) is 9. The van der Waals surface area contributed by atoms with E-state index in [0.717, 1.165) is 51.9 Å². The maximum absolute atomic E-state index is 14.1. The molecule has 26 heteroatoms. The molecule has 408 valence electrons. The quantitative estimate of drug-likeness (QED) is 0.0464. The van der Waals surface area contributed by atoms with Crippen LogP contribution in [0.4, 0.5) is 0 Å². The fourth-order valence-corrected chi connectivity index (χ4v) is 7.73. The van der Waals surface area contributed by atoms with Crippen LogP contribution in [0.2, 0.25) is 0 Å². The molecule has 0 saturated carbocycles. The van der Waals surface area contributed by atoms with Crippen molar-refractivity contribution in [2.75, 3.05) is 13.2 Å². The molecule has 1 unspecified atom stereocenters.